The third kappa shape index (κ3) is 6.34. The first kappa shape index (κ1) is 28.8. The monoisotopic (exact) mass is 521 g/mol. The molecule has 0 radical (unpaired) electrons. The van der Waals surface area contributed by atoms with Gasteiger partial charge >= 0.3 is 0 Å². The minimum atomic E-state index is -0.0396. The van der Waals surface area contributed by atoms with Crippen molar-refractivity contribution in [3.63, 3.8) is 0 Å². The van der Waals surface area contributed by atoms with E-state index in [2.05, 4.69) is 55.3 Å². The van der Waals surface area contributed by atoms with Gasteiger partial charge in [0.2, 0.25) is 5.91 Å². The van der Waals surface area contributed by atoms with Crippen LogP contribution in [0.25, 0.3) is 0 Å². The molecule has 1 aromatic heterocycles. The molecule has 5 heteroatoms. The van der Waals surface area contributed by atoms with E-state index in [1.807, 2.05) is 12.3 Å². The maximum Gasteiger partial charge on any atom is 0.220 e. The van der Waals surface area contributed by atoms with E-state index >= 15 is 0 Å². The fraction of sp³-hybridized carbons (Fsp3) is 0.727. The molecular formula is C33H51N3O2. The minimum absolute atomic E-state index is 0.0396. The Bertz CT molecular complexity index is 999. The number of unbranched alkanes of at least 4 members (excludes halogenated alkanes) is 4. The highest BCUT2D eigenvalue weighted by Gasteiger charge is 2.57. The van der Waals surface area contributed by atoms with Crippen molar-refractivity contribution in [3.05, 3.63) is 41.2 Å². The van der Waals surface area contributed by atoms with Crippen LogP contribution < -0.4 is 5.32 Å². The Balaban J connectivity index is 1.19. The van der Waals surface area contributed by atoms with Crippen LogP contribution in [0.1, 0.15) is 117 Å². The van der Waals surface area contributed by atoms with Gasteiger partial charge in [-0.3, -0.25) is 9.78 Å². The Morgan fingerprint density at radius 2 is 1.84 bits per heavy atom. The maximum absolute atomic E-state index is 12.7. The van der Waals surface area contributed by atoms with E-state index in [1.165, 1.54) is 57.1 Å². The molecule has 5 nitrogen and oxygen atoms in total. The molecule has 2 fully saturated rings. The number of pyridine rings is 1. The van der Waals surface area contributed by atoms with Crippen LogP contribution in [-0.4, -0.2) is 28.4 Å². The Morgan fingerprint density at radius 1 is 1.05 bits per heavy atom. The molecular weight excluding hydrogens is 470 g/mol. The molecule has 0 spiro atoms. The van der Waals surface area contributed by atoms with Crippen LogP contribution in [0, 0.1) is 28.6 Å². The average molecular weight is 522 g/mol. The smallest absolute Gasteiger partial charge is 0.220 e. The van der Waals surface area contributed by atoms with E-state index in [0.29, 0.717) is 24.2 Å². The van der Waals surface area contributed by atoms with Crippen LogP contribution >= 0.6 is 0 Å². The first-order valence-electron chi connectivity index (χ1n) is 15.3. The van der Waals surface area contributed by atoms with Crippen LogP contribution in [0.5, 0.6) is 0 Å². The minimum Gasteiger partial charge on any atom is -0.411 e. The van der Waals surface area contributed by atoms with Gasteiger partial charge in [-0.1, -0.05) is 62.4 Å². The molecule has 3 aliphatic rings. The number of allylic oxidation sites excluding steroid dienone is 2. The van der Waals surface area contributed by atoms with Crippen molar-refractivity contribution in [1.82, 2.24) is 10.3 Å². The van der Waals surface area contributed by atoms with E-state index in [-0.39, 0.29) is 16.7 Å². The van der Waals surface area contributed by atoms with E-state index in [4.69, 9.17) is 0 Å². The number of oxime groups is 1. The van der Waals surface area contributed by atoms with Gasteiger partial charge in [-0.25, -0.2) is 0 Å². The van der Waals surface area contributed by atoms with Gasteiger partial charge in [-0.2, -0.15) is 0 Å². The molecule has 1 amide bonds. The molecule has 1 aromatic rings. The molecule has 4 atom stereocenters. The second-order valence-electron chi connectivity index (χ2n) is 13.2. The lowest BCUT2D eigenvalue weighted by Gasteiger charge is -2.61. The fourth-order valence-corrected chi connectivity index (χ4v) is 8.50. The van der Waals surface area contributed by atoms with Gasteiger partial charge in [0.25, 0.3) is 0 Å². The molecule has 2 saturated carbocycles. The number of aryl methyl sites for hydroxylation is 1. The predicted octanol–water partition coefficient (Wildman–Crippen LogP) is 7.88. The van der Waals surface area contributed by atoms with Gasteiger partial charge in [0.05, 0.1) is 5.71 Å². The van der Waals surface area contributed by atoms with Gasteiger partial charge in [0.1, 0.15) is 0 Å². The highest BCUT2D eigenvalue weighted by molar-refractivity contribution is 5.90. The SMILES string of the molecule is CC1=C(CCC(=O)NCCCCCCCc2ccccn2)C2CCC3C(C)(C)/C(=N/O)CC[C@]3(C)C2CC1. The van der Waals surface area contributed by atoms with Gasteiger partial charge < -0.3 is 10.5 Å². The van der Waals surface area contributed by atoms with Gasteiger partial charge in [-0.15, -0.1) is 0 Å². The summed E-state index contributed by atoms with van der Waals surface area (Å²) >= 11 is 0. The number of carbonyl (C=O) groups is 1. The zero-order valence-electron chi connectivity index (χ0n) is 24.4. The quantitative estimate of drug-likeness (QED) is 0.135. The Hall–Kier alpha value is -2.17. The summed E-state index contributed by atoms with van der Waals surface area (Å²) in [6, 6.07) is 6.13. The van der Waals surface area contributed by atoms with Gasteiger partial charge in [0.15, 0.2) is 0 Å². The summed E-state index contributed by atoms with van der Waals surface area (Å²) in [5, 5.41) is 16.6. The van der Waals surface area contributed by atoms with Crippen LogP contribution in [0.3, 0.4) is 0 Å². The van der Waals surface area contributed by atoms with E-state index < -0.39 is 0 Å². The third-order valence-corrected chi connectivity index (χ3v) is 10.6. The molecule has 0 aliphatic heterocycles. The van der Waals surface area contributed by atoms with Gasteiger partial charge in [-0.05, 0) is 106 Å². The van der Waals surface area contributed by atoms with E-state index in [0.717, 1.165) is 44.4 Å². The number of hydrogen-bond donors (Lipinski definition) is 2. The van der Waals surface area contributed by atoms with Crippen LogP contribution in [0.2, 0.25) is 0 Å². The lowest BCUT2D eigenvalue weighted by atomic mass is 9.44. The Labute approximate surface area is 231 Å². The summed E-state index contributed by atoms with van der Waals surface area (Å²) in [7, 11) is 0. The number of hydrogen-bond acceptors (Lipinski definition) is 4. The van der Waals surface area contributed by atoms with Gasteiger partial charge in [0, 0.05) is 30.3 Å². The summed E-state index contributed by atoms with van der Waals surface area (Å²) < 4.78 is 0. The molecule has 210 valence electrons. The molecule has 3 unspecified atom stereocenters. The summed E-state index contributed by atoms with van der Waals surface area (Å²) in [6.45, 7) is 10.2. The predicted molar refractivity (Wildman–Crippen MR) is 155 cm³/mol. The topological polar surface area (TPSA) is 74.6 Å². The van der Waals surface area contributed by atoms with Crippen LogP contribution in [-0.2, 0) is 11.2 Å². The number of fused-ring (bicyclic) bond motifs is 3. The van der Waals surface area contributed by atoms with Crippen molar-refractivity contribution in [3.8, 4) is 0 Å². The zero-order chi connectivity index (χ0) is 27.2. The van der Waals surface area contributed by atoms with Crippen molar-refractivity contribution in [2.24, 2.45) is 33.7 Å². The summed E-state index contributed by atoms with van der Waals surface area (Å²) in [6.07, 6.45) is 17.2. The standard InChI is InChI=1S/C33H51N3O2/c1-24-14-17-28-27(15-18-29-32(2,3)30(36-38)20-21-33(28,29)4)26(24)16-19-31(37)35-23-10-7-5-6-8-12-25-13-9-11-22-34-25/h9,11,13,22,27-29,38H,5-8,10,12,14-21,23H2,1-4H3,(H,35,37)/b36-30+/t27?,28?,29?,33-/m1/s1. The summed E-state index contributed by atoms with van der Waals surface area (Å²) in [5.41, 5.74) is 5.55. The molecule has 0 aromatic carbocycles. The summed E-state index contributed by atoms with van der Waals surface area (Å²) in [5.74, 6) is 2.08. The average Bonchev–Trinajstić information content (AvgIpc) is 2.90. The highest BCUT2D eigenvalue weighted by atomic mass is 16.4. The lowest BCUT2D eigenvalue weighted by molar-refractivity contribution is -0.121. The van der Waals surface area contributed by atoms with Crippen molar-refractivity contribution >= 4 is 11.6 Å². The highest BCUT2D eigenvalue weighted by Crippen LogP contribution is 2.64. The molecule has 2 N–H and O–H groups in total. The maximum atomic E-state index is 12.7. The largest absolute Gasteiger partial charge is 0.411 e. The number of nitrogens with one attached hydrogen (secondary N) is 1. The second kappa shape index (κ2) is 12.8. The Morgan fingerprint density at radius 3 is 2.61 bits per heavy atom. The fourth-order valence-electron chi connectivity index (χ4n) is 8.50. The number of aromatic nitrogens is 1. The van der Waals surface area contributed by atoms with E-state index in [1.54, 1.807) is 11.1 Å². The normalized spacial score (nSPS) is 29.6. The molecule has 0 bridgehead atoms. The van der Waals surface area contributed by atoms with E-state index in [9.17, 15) is 10.0 Å². The Kier molecular flexibility index (Phi) is 9.70. The number of amides is 1. The van der Waals surface area contributed by atoms with Crippen molar-refractivity contribution in [2.75, 3.05) is 6.54 Å². The lowest BCUT2D eigenvalue weighted by Crippen LogP contribution is -2.55. The molecule has 38 heavy (non-hydrogen) atoms. The van der Waals surface area contributed by atoms with Crippen LogP contribution in [0.15, 0.2) is 40.7 Å². The number of rotatable bonds is 11. The number of nitrogens with zero attached hydrogens (tertiary/aromatic N) is 2. The van der Waals surface area contributed by atoms with Crippen LogP contribution in [0.4, 0.5) is 0 Å². The first-order chi connectivity index (χ1) is 18.3. The van der Waals surface area contributed by atoms with Crippen molar-refractivity contribution in [2.45, 2.75) is 118 Å². The molecule has 3 aliphatic carbocycles. The number of carbonyl (C=O) groups excluding carboxylic acids is 1. The third-order valence-electron chi connectivity index (χ3n) is 10.6. The molecule has 0 saturated heterocycles. The molecule has 1 heterocycles. The first-order valence-corrected chi connectivity index (χ1v) is 15.3. The molecule has 4 rings (SSSR count). The summed E-state index contributed by atoms with van der Waals surface area (Å²) in [4.78, 5) is 17.1. The zero-order valence-corrected chi connectivity index (χ0v) is 24.4. The second-order valence-corrected chi connectivity index (χ2v) is 13.2. The van der Waals surface area contributed by atoms with Crippen molar-refractivity contribution in [1.29, 1.82) is 0 Å². The van der Waals surface area contributed by atoms with Crippen molar-refractivity contribution < 1.29 is 10.0 Å².